The van der Waals surface area contributed by atoms with E-state index in [9.17, 15) is 0 Å². The number of rotatable bonds is 2. The highest BCUT2D eigenvalue weighted by Gasteiger charge is 2.36. The number of alkyl halides is 1. The fourth-order valence-electron chi connectivity index (χ4n) is 3.75. The van der Waals surface area contributed by atoms with Gasteiger partial charge in [-0.15, -0.1) is 11.6 Å². The number of hydrogen-bond donors (Lipinski definition) is 0. The number of hydrogen-bond acceptors (Lipinski definition) is 3. The minimum atomic E-state index is 0.495. The van der Waals surface area contributed by atoms with E-state index >= 15 is 0 Å². The summed E-state index contributed by atoms with van der Waals surface area (Å²) in [4.78, 5) is 11.5. The number of aromatic nitrogens is 2. The van der Waals surface area contributed by atoms with E-state index in [1.807, 2.05) is 13.1 Å². The summed E-state index contributed by atoms with van der Waals surface area (Å²) < 4.78 is 0. The van der Waals surface area contributed by atoms with Gasteiger partial charge in [0.1, 0.15) is 0 Å². The monoisotopic (exact) mass is 293 g/mol. The van der Waals surface area contributed by atoms with Crippen molar-refractivity contribution in [3.8, 4) is 0 Å². The van der Waals surface area contributed by atoms with Gasteiger partial charge in [0.2, 0.25) is 5.95 Å². The predicted octanol–water partition coefficient (Wildman–Crippen LogP) is 4.07. The molecule has 4 heteroatoms. The standard InChI is InChI=1S/C16H24ClN3/c1-13-14(11-17)12-18-15(19-13)20-9-7-16(8-10-20)5-3-2-4-6-16/h12H,2-11H2,1H3. The minimum absolute atomic E-state index is 0.495. The van der Waals surface area contributed by atoms with Crippen LogP contribution in [0.5, 0.6) is 0 Å². The van der Waals surface area contributed by atoms with Crippen LogP contribution < -0.4 is 4.90 Å². The molecule has 0 atom stereocenters. The second kappa shape index (κ2) is 5.88. The van der Waals surface area contributed by atoms with Crippen molar-refractivity contribution in [2.24, 2.45) is 5.41 Å². The molecule has 2 aliphatic rings. The van der Waals surface area contributed by atoms with Crippen LogP contribution in [-0.4, -0.2) is 23.1 Å². The zero-order chi connectivity index (χ0) is 14.0. The largest absolute Gasteiger partial charge is 0.341 e. The number of nitrogens with zero attached hydrogens (tertiary/aromatic N) is 3. The Kier molecular flexibility index (Phi) is 4.16. The van der Waals surface area contributed by atoms with Crippen molar-refractivity contribution >= 4 is 17.5 Å². The molecule has 1 aliphatic heterocycles. The van der Waals surface area contributed by atoms with E-state index in [-0.39, 0.29) is 0 Å². The summed E-state index contributed by atoms with van der Waals surface area (Å²) in [5, 5.41) is 0. The van der Waals surface area contributed by atoms with Crippen molar-refractivity contribution < 1.29 is 0 Å². The van der Waals surface area contributed by atoms with Gasteiger partial charge in [0.25, 0.3) is 0 Å². The van der Waals surface area contributed by atoms with Crippen molar-refractivity contribution in [2.45, 2.75) is 57.7 Å². The normalized spacial score (nSPS) is 22.2. The van der Waals surface area contributed by atoms with Gasteiger partial charge in [0.15, 0.2) is 0 Å². The average molecular weight is 294 g/mol. The van der Waals surface area contributed by atoms with Gasteiger partial charge in [-0.25, -0.2) is 9.97 Å². The molecule has 0 unspecified atom stereocenters. The molecular formula is C16H24ClN3. The second-order valence-electron chi connectivity index (χ2n) is 6.46. The smallest absolute Gasteiger partial charge is 0.225 e. The van der Waals surface area contributed by atoms with Gasteiger partial charge in [-0.3, -0.25) is 0 Å². The molecular weight excluding hydrogens is 270 g/mol. The molecule has 0 N–H and O–H groups in total. The van der Waals surface area contributed by atoms with Gasteiger partial charge in [-0.1, -0.05) is 19.3 Å². The number of anilines is 1. The first-order valence-electron chi connectivity index (χ1n) is 7.86. The van der Waals surface area contributed by atoms with Gasteiger partial charge in [-0.2, -0.15) is 0 Å². The molecule has 2 heterocycles. The highest BCUT2D eigenvalue weighted by Crippen LogP contribution is 2.44. The maximum Gasteiger partial charge on any atom is 0.225 e. The van der Waals surface area contributed by atoms with Crippen LogP contribution >= 0.6 is 11.6 Å². The Labute approximate surface area is 126 Å². The van der Waals surface area contributed by atoms with Crippen molar-refractivity contribution in [1.82, 2.24) is 9.97 Å². The summed E-state index contributed by atoms with van der Waals surface area (Å²) in [5.41, 5.74) is 2.69. The van der Waals surface area contributed by atoms with Crippen LogP contribution in [0.25, 0.3) is 0 Å². The highest BCUT2D eigenvalue weighted by atomic mass is 35.5. The molecule has 3 rings (SSSR count). The molecule has 1 spiro atoms. The number of piperidine rings is 1. The van der Waals surface area contributed by atoms with E-state index in [1.54, 1.807) is 0 Å². The van der Waals surface area contributed by atoms with E-state index < -0.39 is 0 Å². The molecule has 1 aliphatic carbocycles. The van der Waals surface area contributed by atoms with E-state index in [0.29, 0.717) is 11.3 Å². The van der Waals surface area contributed by atoms with E-state index in [2.05, 4.69) is 14.9 Å². The third-order valence-corrected chi connectivity index (χ3v) is 5.52. The Bertz CT molecular complexity index is 459. The first-order chi connectivity index (χ1) is 9.72. The summed E-state index contributed by atoms with van der Waals surface area (Å²) in [6.45, 7) is 4.24. The lowest BCUT2D eigenvalue weighted by atomic mass is 9.68. The van der Waals surface area contributed by atoms with Gasteiger partial charge >= 0.3 is 0 Å². The van der Waals surface area contributed by atoms with Crippen LogP contribution in [0.4, 0.5) is 5.95 Å². The summed E-state index contributed by atoms with van der Waals surface area (Å²) in [6.07, 6.45) is 11.7. The predicted molar refractivity (Wildman–Crippen MR) is 83.3 cm³/mol. The summed E-state index contributed by atoms with van der Waals surface area (Å²) in [6, 6.07) is 0. The molecule has 1 aromatic heterocycles. The zero-order valence-corrected chi connectivity index (χ0v) is 13.1. The molecule has 1 saturated carbocycles. The Morgan fingerprint density at radius 3 is 2.45 bits per heavy atom. The lowest BCUT2D eigenvalue weighted by Crippen LogP contribution is -2.41. The van der Waals surface area contributed by atoms with Crippen LogP contribution in [0.2, 0.25) is 0 Å². The SMILES string of the molecule is Cc1nc(N2CCC3(CCCCC3)CC2)ncc1CCl. The maximum absolute atomic E-state index is 5.87. The minimum Gasteiger partial charge on any atom is -0.341 e. The second-order valence-corrected chi connectivity index (χ2v) is 6.73. The molecule has 0 bridgehead atoms. The Hall–Kier alpha value is -0.830. The van der Waals surface area contributed by atoms with E-state index in [0.717, 1.165) is 30.3 Å². The third-order valence-electron chi connectivity index (χ3n) is 5.23. The first kappa shape index (κ1) is 14.1. The molecule has 3 nitrogen and oxygen atoms in total. The van der Waals surface area contributed by atoms with Crippen molar-refractivity contribution in [1.29, 1.82) is 0 Å². The van der Waals surface area contributed by atoms with E-state index in [4.69, 9.17) is 11.6 Å². The topological polar surface area (TPSA) is 29.0 Å². The summed E-state index contributed by atoms with van der Waals surface area (Å²) >= 11 is 5.87. The van der Waals surface area contributed by atoms with Crippen LogP contribution in [0.3, 0.4) is 0 Å². The Balaban J connectivity index is 1.67. The van der Waals surface area contributed by atoms with Gasteiger partial charge in [-0.05, 0) is 38.0 Å². The molecule has 2 fully saturated rings. The third kappa shape index (κ3) is 2.78. The molecule has 1 saturated heterocycles. The van der Waals surface area contributed by atoms with Crippen LogP contribution in [0.1, 0.15) is 56.2 Å². The Morgan fingerprint density at radius 1 is 1.15 bits per heavy atom. The lowest BCUT2D eigenvalue weighted by Gasteiger charge is -2.44. The van der Waals surface area contributed by atoms with Crippen LogP contribution in [0, 0.1) is 12.3 Å². The molecule has 0 amide bonds. The van der Waals surface area contributed by atoms with Crippen LogP contribution in [0.15, 0.2) is 6.20 Å². The fourth-order valence-corrected chi connectivity index (χ4v) is 4.01. The number of halogens is 1. The van der Waals surface area contributed by atoms with Gasteiger partial charge in [0.05, 0.1) is 5.88 Å². The molecule has 0 radical (unpaired) electrons. The van der Waals surface area contributed by atoms with Gasteiger partial charge in [0, 0.05) is 30.5 Å². The quantitative estimate of drug-likeness (QED) is 0.770. The molecule has 1 aromatic rings. The van der Waals surface area contributed by atoms with Crippen molar-refractivity contribution in [2.75, 3.05) is 18.0 Å². The number of aryl methyl sites for hydroxylation is 1. The van der Waals surface area contributed by atoms with Gasteiger partial charge < -0.3 is 4.90 Å². The zero-order valence-electron chi connectivity index (χ0n) is 12.4. The summed E-state index contributed by atoms with van der Waals surface area (Å²) in [5.74, 6) is 1.39. The average Bonchev–Trinajstić information content (AvgIpc) is 2.49. The maximum atomic E-state index is 5.87. The Morgan fingerprint density at radius 2 is 1.85 bits per heavy atom. The molecule has 20 heavy (non-hydrogen) atoms. The molecule has 110 valence electrons. The first-order valence-corrected chi connectivity index (χ1v) is 8.39. The molecule has 0 aromatic carbocycles. The fraction of sp³-hybridized carbons (Fsp3) is 0.750. The van der Waals surface area contributed by atoms with Crippen LogP contribution in [-0.2, 0) is 5.88 Å². The van der Waals surface area contributed by atoms with Crippen molar-refractivity contribution in [3.05, 3.63) is 17.5 Å². The summed E-state index contributed by atoms with van der Waals surface area (Å²) in [7, 11) is 0. The van der Waals surface area contributed by atoms with E-state index in [1.165, 1.54) is 44.9 Å². The lowest BCUT2D eigenvalue weighted by molar-refractivity contribution is 0.144. The highest BCUT2D eigenvalue weighted by molar-refractivity contribution is 6.17. The van der Waals surface area contributed by atoms with Crippen molar-refractivity contribution in [3.63, 3.8) is 0 Å².